The molecule has 74 valence electrons. The first-order valence-corrected chi connectivity index (χ1v) is 3.68. The van der Waals surface area contributed by atoms with Crippen molar-refractivity contribution in [3.05, 3.63) is 0 Å². The van der Waals surface area contributed by atoms with E-state index in [1.54, 1.807) is 0 Å². The van der Waals surface area contributed by atoms with Gasteiger partial charge in [0.2, 0.25) is 0 Å². The number of rotatable bonds is 5. The molecule has 0 rings (SSSR count). The third-order valence-electron chi connectivity index (χ3n) is 1.37. The van der Waals surface area contributed by atoms with E-state index in [9.17, 15) is 17.6 Å². The van der Waals surface area contributed by atoms with E-state index in [0.717, 1.165) is 6.92 Å². The lowest BCUT2D eigenvalue weighted by Gasteiger charge is -2.21. The summed E-state index contributed by atoms with van der Waals surface area (Å²) >= 11 is 0. The van der Waals surface area contributed by atoms with Crippen LogP contribution in [0.25, 0.3) is 0 Å². The van der Waals surface area contributed by atoms with Gasteiger partial charge in [0.1, 0.15) is 12.3 Å². The quantitative estimate of drug-likeness (QED) is 0.602. The second-order valence-electron chi connectivity index (χ2n) is 2.38. The van der Waals surface area contributed by atoms with Crippen molar-refractivity contribution in [2.45, 2.75) is 38.7 Å². The molecule has 0 aromatic carbocycles. The van der Waals surface area contributed by atoms with Gasteiger partial charge in [0.25, 0.3) is 6.43 Å². The zero-order chi connectivity index (χ0) is 9.72. The van der Waals surface area contributed by atoms with E-state index in [2.05, 4.69) is 4.74 Å². The van der Waals surface area contributed by atoms with Crippen molar-refractivity contribution in [3.8, 4) is 0 Å². The molecule has 0 aliphatic carbocycles. The molecule has 5 heteroatoms. The second kappa shape index (κ2) is 5.35. The molecule has 12 heavy (non-hydrogen) atoms. The molecule has 0 N–H and O–H groups in total. The number of hydrogen-bond donors (Lipinski definition) is 0. The third kappa shape index (κ3) is 3.38. The maximum absolute atomic E-state index is 12.5. The van der Waals surface area contributed by atoms with Gasteiger partial charge in [0.15, 0.2) is 6.17 Å². The molecule has 0 aliphatic rings. The van der Waals surface area contributed by atoms with Crippen molar-refractivity contribution in [2.75, 3.05) is 6.61 Å². The first kappa shape index (κ1) is 11.7. The predicted molar refractivity (Wildman–Crippen MR) is 36.9 cm³/mol. The van der Waals surface area contributed by atoms with Crippen molar-refractivity contribution < 1.29 is 22.3 Å². The summed E-state index contributed by atoms with van der Waals surface area (Å²) in [5, 5.41) is 0. The van der Waals surface area contributed by atoms with Crippen LogP contribution in [0.4, 0.5) is 17.6 Å². The average molecular weight is 188 g/mol. The van der Waals surface area contributed by atoms with Gasteiger partial charge < -0.3 is 4.74 Å². The monoisotopic (exact) mass is 188 g/mol. The molecule has 0 aromatic rings. The second-order valence-corrected chi connectivity index (χ2v) is 2.38. The van der Waals surface area contributed by atoms with Crippen molar-refractivity contribution in [3.63, 3.8) is 0 Å². The zero-order valence-electron chi connectivity index (χ0n) is 6.94. The number of halogens is 4. The summed E-state index contributed by atoms with van der Waals surface area (Å²) in [6.07, 6.45) is -9.13. The zero-order valence-corrected chi connectivity index (χ0v) is 6.94. The summed E-state index contributed by atoms with van der Waals surface area (Å²) in [6.45, 7) is 2.51. The molecule has 0 aliphatic heterocycles. The van der Waals surface area contributed by atoms with Crippen LogP contribution in [0, 0.1) is 0 Å². The van der Waals surface area contributed by atoms with Crippen molar-refractivity contribution in [2.24, 2.45) is 0 Å². The molecular weight excluding hydrogens is 176 g/mol. The molecule has 3 unspecified atom stereocenters. The molecule has 3 atom stereocenters. The summed E-state index contributed by atoms with van der Waals surface area (Å²) < 4.78 is 53.0. The Morgan fingerprint density at radius 3 is 1.92 bits per heavy atom. The van der Waals surface area contributed by atoms with Crippen molar-refractivity contribution in [1.82, 2.24) is 0 Å². The Morgan fingerprint density at radius 1 is 1.17 bits per heavy atom. The molecule has 1 nitrogen and oxygen atoms in total. The Labute approximate surface area is 68.7 Å². The van der Waals surface area contributed by atoms with Gasteiger partial charge in [0, 0.05) is 6.61 Å². The first-order chi connectivity index (χ1) is 5.50. The maximum atomic E-state index is 12.5. The van der Waals surface area contributed by atoms with Gasteiger partial charge in [0.05, 0.1) is 0 Å². The van der Waals surface area contributed by atoms with Gasteiger partial charge in [-0.05, 0) is 13.8 Å². The molecule has 0 saturated heterocycles. The average Bonchev–Trinajstić information content (AvgIpc) is 1.98. The predicted octanol–water partition coefficient (Wildman–Crippen LogP) is 2.35. The molecule has 0 heterocycles. The molecule has 0 saturated carbocycles. The first-order valence-electron chi connectivity index (χ1n) is 3.68. The number of hydrogen-bond acceptors (Lipinski definition) is 1. The minimum absolute atomic E-state index is 0.0199. The Kier molecular flexibility index (Phi) is 5.20. The molecule has 0 fully saturated rings. The highest BCUT2D eigenvalue weighted by atomic mass is 19.3. The normalized spacial score (nSPS) is 19.2. The highest BCUT2D eigenvalue weighted by Gasteiger charge is 2.34. The van der Waals surface area contributed by atoms with Gasteiger partial charge in [-0.3, -0.25) is 0 Å². The van der Waals surface area contributed by atoms with Gasteiger partial charge in [-0.1, -0.05) is 0 Å². The van der Waals surface area contributed by atoms with Crippen molar-refractivity contribution in [1.29, 1.82) is 0 Å². The molecule has 0 radical (unpaired) electrons. The fourth-order valence-electron chi connectivity index (χ4n) is 0.814. The van der Waals surface area contributed by atoms with E-state index >= 15 is 0 Å². The van der Waals surface area contributed by atoms with Crippen molar-refractivity contribution >= 4 is 0 Å². The van der Waals surface area contributed by atoms with Crippen LogP contribution in [0.2, 0.25) is 0 Å². The molecule has 0 amide bonds. The number of ether oxygens (including phenoxy) is 1. The standard InChI is InChI=1S/C7H12F4O/c1-3-12-6(4(2)8)5(9)7(10)11/h4-7H,3H2,1-2H3. The minimum Gasteiger partial charge on any atom is -0.372 e. The Bertz CT molecular complexity index is 118. The summed E-state index contributed by atoms with van der Waals surface area (Å²) in [5.74, 6) is 0. The Hall–Kier alpha value is -0.320. The molecule has 0 aromatic heterocycles. The van der Waals surface area contributed by atoms with Crippen LogP contribution in [0.3, 0.4) is 0 Å². The van der Waals surface area contributed by atoms with E-state index in [4.69, 9.17) is 0 Å². The van der Waals surface area contributed by atoms with Gasteiger partial charge >= 0.3 is 0 Å². The highest BCUT2D eigenvalue weighted by Crippen LogP contribution is 2.17. The maximum Gasteiger partial charge on any atom is 0.272 e. The lowest BCUT2D eigenvalue weighted by Crippen LogP contribution is -2.37. The Morgan fingerprint density at radius 2 is 1.67 bits per heavy atom. The molecule has 0 bridgehead atoms. The minimum atomic E-state index is -3.19. The Balaban J connectivity index is 4.09. The summed E-state index contributed by atoms with van der Waals surface area (Å²) in [6, 6.07) is 0. The van der Waals surface area contributed by atoms with Crippen LogP contribution < -0.4 is 0 Å². The largest absolute Gasteiger partial charge is 0.372 e. The number of alkyl halides is 4. The lowest BCUT2D eigenvalue weighted by molar-refractivity contribution is -0.0890. The van der Waals surface area contributed by atoms with Crippen LogP contribution in [-0.2, 0) is 4.74 Å². The lowest BCUT2D eigenvalue weighted by atomic mass is 10.1. The fraction of sp³-hybridized carbons (Fsp3) is 1.00. The van der Waals surface area contributed by atoms with E-state index in [1.807, 2.05) is 0 Å². The van der Waals surface area contributed by atoms with E-state index in [0.29, 0.717) is 0 Å². The summed E-state index contributed by atoms with van der Waals surface area (Å²) in [5.41, 5.74) is 0. The van der Waals surface area contributed by atoms with E-state index < -0.39 is 24.9 Å². The molecular formula is C7H12F4O. The van der Waals surface area contributed by atoms with Gasteiger partial charge in [-0.15, -0.1) is 0 Å². The van der Waals surface area contributed by atoms with Crippen LogP contribution in [0.15, 0.2) is 0 Å². The van der Waals surface area contributed by atoms with Crippen LogP contribution in [0.1, 0.15) is 13.8 Å². The van der Waals surface area contributed by atoms with Crippen LogP contribution in [-0.4, -0.2) is 31.5 Å². The highest BCUT2D eigenvalue weighted by molar-refractivity contribution is 4.76. The van der Waals surface area contributed by atoms with E-state index in [1.165, 1.54) is 6.92 Å². The summed E-state index contributed by atoms with van der Waals surface area (Å²) in [7, 11) is 0. The third-order valence-corrected chi connectivity index (χ3v) is 1.37. The van der Waals surface area contributed by atoms with Crippen LogP contribution >= 0.6 is 0 Å². The fourth-order valence-corrected chi connectivity index (χ4v) is 0.814. The summed E-state index contributed by atoms with van der Waals surface area (Å²) in [4.78, 5) is 0. The van der Waals surface area contributed by atoms with E-state index in [-0.39, 0.29) is 6.61 Å². The SMILES string of the molecule is CCOC(C(C)F)C(F)C(F)F. The van der Waals surface area contributed by atoms with Gasteiger partial charge in [-0.2, -0.15) is 0 Å². The van der Waals surface area contributed by atoms with Gasteiger partial charge in [-0.25, -0.2) is 17.6 Å². The smallest absolute Gasteiger partial charge is 0.272 e. The molecule has 0 spiro atoms. The topological polar surface area (TPSA) is 9.23 Å². The van der Waals surface area contributed by atoms with Crippen LogP contribution in [0.5, 0.6) is 0 Å².